The minimum absolute atomic E-state index is 0.271. The first kappa shape index (κ1) is 21.8. The number of pyridine rings is 1. The van der Waals surface area contributed by atoms with E-state index in [2.05, 4.69) is 9.72 Å². The largest absolute Gasteiger partial charge is 0.484 e. The van der Waals surface area contributed by atoms with E-state index in [0.717, 1.165) is 18.2 Å². The monoisotopic (exact) mass is 428 g/mol. The summed E-state index contributed by atoms with van der Waals surface area (Å²) >= 11 is 0. The lowest BCUT2D eigenvalue weighted by Crippen LogP contribution is -2.37. The maximum Gasteiger partial charge on any atom is 0.422 e. The van der Waals surface area contributed by atoms with Crippen LogP contribution >= 0.6 is 0 Å². The zero-order valence-electron chi connectivity index (χ0n) is 14.0. The van der Waals surface area contributed by atoms with Crippen LogP contribution in [0.2, 0.25) is 0 Å². The average Bonchev–Trinajstić information content (AvgIpc) is 2.56. The van der Waals surface area contributed by atoms with E-state index >= 15 is 0 Å². The van der Waals surface area contributed by atoms with Crippen molar-refractivity contribution in [2.45, 2.75) is 18.9 Å². The summed E-state index contributed by atoms with van der Waals surface area (Å²) in [5, 5.41) is 0. The van der Waals surface area contributed by atoms with Crippen LogP contribution < -0.4 is 9.04 Å². The Morgan fingerprint density at radius 3 is 2.29 bits per heavy atom. The van der Waals surface area contributed by atoms with Crippen LogP contribution in [-0.2, 0) is 16.6 Å². The number of nitrogens with zero attached hydrogens (tertiary/aromatic N) is 2. The molecule has 0 saturated heterocycles. The van der Waals surface area contributed by atoms with Crippen molar-refractivity contribution in [1.82, 2.24) is 4.98 Å². The van der Waals surface area contributed by atoms with Crippen molar-refractivity contribution in [3.63, 3.8) is 0 Å². The zero-order valence-corrected chi connectivity index (χ0v) is 14.9. The average molecular weight is 428 g/mol. The quantitative estimate of drug-likeness (QED) is 0.628. The summed E-state index contributed by atoms with van der Waals surface area (Å²) < 4.78 is 105. The minimum atomic E-state index is -5.00. The fourth-order valence-electron chi connectivity index (χ4n) is 2.19. The van der Waals surface area contributed by atoms with Crippen LogP contribution in [0.25, 0.3) is 0 Å². The summed E-state index contributed by atoms with van der Waals surface area (Å²) in [6.45, 7) is -2.12. The Labute approximate surface area is 156 Å². The number of hydrogen-bond donors (Lipinski definition) is 0. The second-order valence-electron chi connectivity index (χ2n) is 5.64. The van der Waals surface area contributed by atoms with Gasteiger partial charge in [-0.3, -0.25) is 9.29 Å². The summed E-state index contributed by atoms with van der Waals surface area (Å²) in [5.74, 6) is -2.47. The molecule has 0 atom stereocenters. The molecule has 12 heteroatoms. The summed E-state index contributed by atoms with van der Waals surface area (Å²) in [6.07, 6.45) is -6.98. The first-order valence-corrected chi connectivity index (χ1v) is 9.22. The Morgan fingerprint density at radius 1 is 1.00 bits per heavy atom. The molecule has 0 fully saturated rings. The number of halogens is 6. The standard InChI is InChI=1S/C16H14F6N2O3S/c17-15(18,19)10-27-14-5-1-4-13(7-14)24(9-12-3-2-6-23-8-12)28(25,26)11-16(20,21)22/h1-8H,9-11H2. The molecule has 0 spiro atoms. The highest BCUT2D eigenvalue weighted by Crippen LogP contribution is 2.29. The highest BCUT2D eigenvalue weighted by atomic mass is 32.2. The Bertz CT molecular complexity index is 885. The van der Waals surface area contributed by atoms with E-state index in [1.165, 1.54) is 30.6 Å². The van der Waals surface area contributed by atoms with Gasteiger partial charge < -0.3 is 4.74 Å². The predicted molar refractivity (Wildman–Crippen MR) is 88.3 cm³/mol. The van der Waals surface area contributed by atoms with Crippen molar-refractivity contribution in [3.8, 4) is 5.75 Å². The Hall–Kier alpha value is -2.50. The van der Waals surface area contributed by atoms with E-state index < -0.39 is 41.3 Å². The van der Waals surface area contributed by atoms with Gasteiger partial charge in [0.2, 0.25) is 10.0 Å². The van der Waals surface area contributed by atoms with Crippen molar-refractivity contribution in [2.75, 3.05) is 16.7 Å². The van der Waals surface area contributed by atoms with Gasteiger partial charge in [-0.25, -0.2) is 8.42 Å². The Balaban J connectivity index is 2.38. The molecule has 2 rings (SSSR count). The van der Waals surface area contributed by atoms with Gasteiger partial charge in [-0.1, -0.05) is 12.1 Å². The van der Waals surface area contributed by atoms with Crippen LogP contribution in [0.5, 0.6) is 5.75 Å². The molecule has 0 amide bonds. The molecule has 1 aromatic carbocycles. The van der Waals surface area contributed by atoms with E-state index in [9.17, 15) is 34.8 Å². The molecule has 154 valence electrons. The lowest BCUT2D eigenvalue weighted by molar-refractivity contribution is -0.153. The molecule has 0 aliphatic heterocycles. The van der Waals surface area contributed by atoms with Crippen molar-refractivity contribution in [3.05, 3.63) is 54.4 Å². The van der Waals surface area contributed by atoms with Gasteiger partial charge in [0.15, 0.2) is 12.4 Å². The lowest BCUT2D eigenvalue weighted by Gasteiger charge is -2.25. The third-order valence-corrected chi connectivity index (χ3v) is 4.94. The number of anilines is 1. The molecule has 0 aliphatic rings. The van der Waals surface area contributed by atoms with E-state index in [-0.39, 0.29) is 17.0 Å². The maximum absolute atomic E-state index is 12.7. The van der Waals surface area contributed by atoms with Crippen molar-refractivity contribution in [2.24, 2.45) is 0 Å². The summed E-state index contributed by atoms with van der Waals surface area (Å²) in [4.78, 5) is 3.77. The molecule has 2 aromatic rings. The van der Waals surface area contributed by atoms with E-state index in [4.69, 9.17) is 0 Å². The Kier molecular flexibility index (Phi) is 6.42. The number of sulfonamides is 1. The smallest absolute Gasteiger partial charge is 0.422 e. The maximum atomic E-state index is 12.7. The van der Waals surface area contributed by atoms with Crippen LogP contribution in [0.1, 0.15) is 5.56 Å². The molecule has 0 saturated carbocycles. The number of benzene rings is 1. The molecule has 1 aromatic heterocycles. The van der Waals surface area contributed by atoms with Crippen LogP contribution in [-0.4, -0.2) is 38.1 Å². The van der Waals surface area contributed by atoms with Gasteiger partial charge in [0.05, 0.1) is 12.2 Å². The van der Waals surface area contributed by atoms with Crippen LogP contribution in [0.15, 0.2) is 48.8 Å². The van der Waals surface area contributed by atoms with Crippen LogP contribution in [0, 0.1) is 0 Å². The summed E-state index contributed by atoms with van der Waals surface area (Å²) in [7, 11) is -4.89. The molecule has 0 aliphatic carbocycles. The molecule has 0 N–H and O–H groups in total. The summed E-state index contributed by atoms with van der Waals surface area (Å²) in [6, 6.07) is 7.31. The molecule has 0 unspecified atom stereocenters. The minimum Gasteiger partial charge on any atom is -0.484 e. The first-order chi connectivity index (χ1) is 12.9. The number of rotatable bonds is 7. The normalized spacial score (nSPS) is 12.6. The highest BCUT2D eigenvalue weighted by molar-refractivity contribution is 7.92. The third kappa shape index (κ3) is 6.91. The first-order valence-electron chi connectivity index (χ1n) is 7.61. The Morgan fingerprint density at radius 2 is 1.71 bits per heavy atom. The van der Waals surface area contributed by atoms with Gasteiger partial charge in [-0.2, -0.15) is 26.3 Å². The van der Waals surface area contributed by atoms with E-state index in [0.29, 0.717) is 4.31 Å². The molecule has 0 radical (unpaired) electrons. The van der Waals surface area contributed by atoms with Crippen LogP contribution in [0.3, 0.4) is 0 Å². The van der Waals surface area contributed by atoms with E-state index in [1.54, 1.807) is 0 Å². The van der Waals surface area contributed by atoms with Gasteiger partial charge >= 0.3 is 12.4 Å². The van der Waals surface area contributed by atoms with Crippen molar-refractivity contribution in [1.29, 1.82) is 0 Å². The number of hydrogen-bond acceptors (Lipinski definition) is 4. The molecule has 0 bridgehead atoms. The fourth-order valence-corrected chi connectivity index (χ4v) is 3.54. The summed E-state index contributed by atoms with van der Waals surface area (Å²) in [5.41, 5.74) is 0.0163. The highest BCUT2D eigenvalue weighted by Gasteiger charge is 2.39. The van der Waals surface area contributed by atoms with Gasteiger partial charge in [0.25, 0.3) is 0 Å². The van der Waals surface area contributed by atoms with Gasteiger partial charge in [-0.15, -0.1) is 0 Å². The third-order valence-electron chi connectivity index (χ3n) is 3.24. The van der Waals surface area contributed by atoms with Crippen molar-refractivity contribution < 1.29 is 39.5 Å². The molecule has 28 heavy (non-hydrogen) atoms. The zero-order chi connectivity index (χ0) is 21.0. The number of aromatic nitrogens is 1. The topological polar surface area (TPSA) is 59.5 Å². The molecular weight excluding hydrogens is 414 g/mol. The SMILES string of the molecule is O=S(=O)(CC(F)(F)F)N(Cc1cccnc1)c1cccc(OCC(F)(F)F)c1. The number of alkyl halides is 6. The molecule has 5 nitrogen and oxygen atoms in total. The van der Waals surface area contributed by atoms with Gasteiger partial charge in [-0.05, 0) is 23.8 Å². The van der Waals surface area contributed by atoms with Gasteiger partial charge in [0.1, 0.15) is 5.75 Å². The van der Waals surface area contributed by atoms with Crippen molar-refractivity contribution >= 4 is 15.7 Å². The predicted octanol–water partition coefficient (Wildman–Crippen LogP) is 3.92. The number of ether oxygens (including phenoxy) is 1. The molecule has 1 heterocycles. The van der Waals surface area contributed by atoms with E-state index in [1.807, 2.05) is 0 Å². The fraction of sp³-hybridized carbons (Fsp3) is 0.312. The molecular formula is C16H14F6N2O3S. The second kappa shape index (κ2) is 8.25. The van der Waals surface area contributed by atoms with Crippen LogP contribution in [0.4, 0.5) is 32.0 Å². The second-order valence-corrected chi connectivity index (χ2v) is 7.53. The van der Waals surface area contributed by atoms with Gasteiger partial charge in [0, 0.05) is 18.5 Å². The lowest BCUT2D eigenvalue weighted by atomic mass is 10.2.